The van der Waals surface area contributed by atoms with Gasteiger partial charge in [0.05, 0.1) is 19.3 Å². The molecule has 2 rings (SSSR count). The fraction of sp³-hybridized carbons (Fsp3) is 0.727. The molecule has 1 aromatic heterocycles. The second-order valence-corrected chi connectivity index (χ2v) is 4.61. The van der Waals surface area contributed by atoms with E-state index in [1.165, 1.54) is 17.5 Å². The first kappa shape index (κ1) is 13.0. The quantitative estimate of drug-likeness (QED) is 0.623. The Kier molecular flexibility index (Phi) is 4.27. The number of aromatic nitrogens is 3. The molecule has 1 unspecified atom stereocenters. The molecule has 4 N–H and O–H groups in total. The third-order valence-corrected chi connectivity index (χ3v) is 3.22. The summed E-state index contributed by atoms with van der Waals surface area (Å²) >= 11 is 0. The molecule has 1 saturated carbocycles. The molecule has 1 amide bonds. The highest BCUT2D eigenvalue weighted by Gasteiger charge is 2.26. The summed E-state index contributed by atoms with van der Waals surface area (Å²) < 4.78 is 1.50. The highest BCUT2D eigenvalue weighted by atomic mass is 16.3. The topological polar surface area (TPSA) is 106 Å². The van der Waals surface area contributed by atoms with Crippen LogP contribution in [0.5, 0.6) is 0 Å². The molecule has 1 aliphatic carbocycles. The van der Waals surface area contributed by atoms with Gasteiger partial charge in [0.2, 0.25) is 5.91 Å². The molecule has 18 heavy (non-hydrogen) atoms. The summed E-state index contributed by atoms with van der Waals surface area (Å²) in [6, 6.07) is -0.272. The maximum Gasteiger partial charge on any atom is 0.240 e. The summed E-state index contributed by atoms with van der Waals surface area (Å²) in [7, 11) is 0. The largest absolute Gasteiger partial charge is 0.394 e. The molecule has 1 aliphatic rings. The molecular weight excluding hydrogens is 234 g/mol. The molecule has 7 heteroatoms. The third kappa shape index (κ3) is 3.05. The van der Waals surface area contributed by atoms with Crippen LogP contribution >= 0.6 is 0 Å². The van der Waals surface area contributed by atoms with E-state index in [4.69, 9.17) is 10.8 Å². The van der Waals surface area contributed by atoms with Gasteiger partial charge in [-0.25, -0.2) is 4.68 Å². The van der Waals surface area contributed by atoms with Crippen LogP contribution in [0.2, 0.25) is 0 Å². The minimum absolute atomic E-state index is 0.0138. The second-order valence-electron chi connectivity index (χ2n) is 4.61. The fourth-order valence-electron chi connectivity index (χ4n) is 2.30. The summed E-state index contributed by atoms with van der Waals surface area (Å²) in [6.07, 6.45) is 6.14. The monoisotopic (exact) mass is 253 g/mol. The first-order chi connectivity index (χ1) is 8.70. The average molecular weight is 253 g/mol. The van der Waals surface area contributed by atoms with E-state index in [1.54, 1.807) is 6.20 Å². The Bertz CT molecular complexity index is 400. The number of nitrogens with one attached hydrogen (secondary N) is 1. The lowest BCUT2D eigenvalue weighted by molar-refractivity contribution is -0.120. The number of carbonyl (C=O) groups is 1. The highest BCUT2D eigenvalue weighted by Crippen LogP contribution is 2.21. The Labute approximate surface area is 105 Å². The minimum atomic E-state index is -0.597. The van der Waals surface area contributed by atoms with Gasteiger partial charge >= 0.3 is 0 Å². The number of hydrogen-bond acceptors (Lipinski definition) is 5. The van der Waals surface area contributed by atoms with Crippen molar-refractivity contribution in [1.82, 2.24) is 20.3 Å². The molecule has 1 aromatic rings. The van der Waals surface area contributed by atoms with Crippen LogP contribution in [-0.4, -0.2) is 38.7 Å². The first-order valence-electron chi connectivity index (χ1n) is 6.27. The van der Waals surface area contributed by atoms with Gasteiger partial charge in [-0.1, -0.05) is 18.1 Å². The predicted octanol–water partition coefficient (Wildman–Crippen LogP) is -0.671. The van der Waals surface area contributed by atoms with E-state index in [-0.39, 0.29) is 6.61 Å². The molecule has 0 bridgehead atoms. The van der Waals surface area contributed by atoms with E-state index in [1.807, 2.05) is 0 Å². The van der Waals surface area contributed by atoms with Crippen LogP contribution in [0.15, 0.2) is 6.20 Å². The summed E-state index contributed by atoms with van der Waals surface area (Å²) in [5, 5.41) is 19.8. The molecule has 0 saturated heterocycles. The van der Waals surface area contributed by atoms with E-state index in [0.717, 1.165) is 12.8 Å². The number of hydrogen-bond donors (Lipinski definition) is 3. The predicted molar refractivity (Wildman–Crippen MR) is 64.4 cm³/mol. The number of primary amides is 1. The molecular formula is C11H19N5O2. The van der Waals surface area contributed by atoms with Gasteiger partial charge in [-0.2, -0.15) is 0 Å². The molecule has 1 heterocycles. The maximum absolute atomic E-state index is 11.5. The Morgan fingerprint density at radius 1 is 1.61 bits per heavy atom. The molecule has 1 atom stereocenters. The highest BCUT2D eigenvalue weighted by molar-refractivity contribution is 5.80. The number of nitrogens with two attached hydrogens (primary N) is 1. The van der Waals surface area contributed by atoms with Gasteiger partial charge in [0.15, 0.2) is 0 Å². The standard InChI is InChI=1S/C11H19N5O2/c12-11(18)10(13-8-3-1-2-4-8)9-7-16(5-6-17)15-14-9/h7-8,10,13,17H,1-6H2,(H2,12,18). The van der Waals surface area contributed by atoms with Crippen LogP contribution in [0.3, 0.4) is 0 Å². The van der Waals surface area contributed by atoms with Gasteiger partial charge in [0, 0.05) is 6.04 Å². The van der Waals surface area contributed by atoms with Crippen molar-refractivity contribution in [2.75, 3.05) is 6.61 Å². The molecule has 7 nitrogen and oxygen atoms in total. The van der Waals surface area contributed by atoms with Crippen molar-refractivity contribution in [2.24, 2.45) is 5.73 Å². The van der Waals surface area contributed by atoms with Crippen LogP contribution < -0.4 is 11.1 Å². The number of aliphatic hydroxyl groups is 1. The molecule has 0 aliphatic heterocycles. The van der Waals surface area contributed by atoms with Crippen LogP contribution in [0, 0.1) is 0 Å². The minimum Gasteiger partial charge on any atom is -0.394 e. The lowest BCUT2D eigenvalue weighted by Crippen LogP contribution is -2.39. The summed E-state index contributed by atoms with van der Waals surface area (Å²) in [4.78, 5) is 11.5. The van der Waals surface area contributed by atoms with Crippen molar-refractivity contribution in [3.8, 4) is 0 Å². The lowest BCUT2D eigenvalue weighted by atomic mass is 10.1. The van der Waals surface area contributed by atoms with Crippen molar-refractivity contribution in [3.63, 3.8) is 0 Å². The number of carbonyl (C=O) groups excluding carboxylic acids is 1. The summed E-state index contributed by atoms with van der Waals surface area (Å²) in [6.45, 7) is 0.349. The van der Waals surface area contributed by atoms with Crippen LogP contribution in [0.1, 0.15) is 37.4 Å². The van der Waals surface area contributed by atoms with Crippen molar-refractivity contribution >= 4 is 5.91 Å². The Hall–Kier alpha value is -1.47. The van der Waals surface area contributed by atoms with Crippen molar-refractivity contribution in [2.45, 2.75) is 44.3 Å². The Morgan fingerprint density at radius 2 is 2.33 bits per heavy atom. The zero-order valence-corrected chi connectivity index (χ0v) is 10.2. The summed E-state index contributed by atoms with van der Waals surface area (Å²) in [5.41, 5.74) is 5.92. The number of rotatable bonds is 6. The molecule has 0 radical (unpaired) electrons. The van der Waals surface area contributed by atoms with E-state index in [9.17, 15) is 4.79 Å². The van der Waals surface area contributed by atoms with Gasteiger partial charge in [-0.3, -0.25) is 10.1 Å². The Balaban J connectivity index is 2.05. The normalized spacial score (nSPS) is 18.1. The number of aliphatic hydroxyl groups excluding tert-OH is 1. The van der Waals surface area contributed by atoms with Gasteiger partial charge in [0.1, 0.15) is 11.7 Å². The summed E-state index contributed by atoms with van der Waals surface area (Å²) in [5.74, 6) is -0.446. The number of nitrogens with zero attached hydrogens (tertiary/aromatic N) is 3. The van der Waals surface area contributed by atoms with Crippen molar-refractivity contribution in [3.05, 3.63) is 11.9 Å². The van der Waals surface area contributed by atoms with Gasteiger partial charge in [0.25, 0.3) is 0 Å². The smallest absolute Gasteiger partial charge is 0.240 e. The SMILES string of the molecule is NC(=O)C(NC1CCCC1)c1cn(CCO)nn1. The second kappa shape index (κ2) is 5.92. The zero-order valence-electron chi connectivity index (χ0n) is 10.2. The fourth-order valence-corrected chi connectivity index (χ4v) is 2.30. The van der Waals surface area contributed by atoms with E-state index in [0.29, 0.717) is 18.3 Å². The van der Waals surface area contributed by atoms with Crippen molar-refractivity contribution in [1.29, 1.82) is 0 Å². The van der Waals surface area contributed by atoms with Gasteiger partial charge in [-0.05, 0) is 12.8 Å². The van der Waals surface area contributed by atoms with Crippen molar-refractivity contribution < 1.29 is 9.90 Å². The van der Waals surface area contributed by atoms with E-state index < -0.39 is 11.9 Å². The van der Waals surface area contributed by atoms with Crippen LogP contribution in [0.4, 0.5) is 0 Å². The molecule has 0 aromatic carbocycles. The van der Waals surface area contributed by atoms with Gasteiger partial charge < -0.3 is 10.8 Å². The average Bonchev–Trinajstić information content (AvgIpc) is 2.96. The Morgan fingerprint density at radius 3 is 2.94 bits per heavy atom. The van der Waals surface area contributed by atoms with Crippen LogP contribution in [0.25, 0.3) is 0 Å². The third-order valence-electron chi connectivity index (χ3n) is 3.22. The van der Waals surface area contributed by atoms with E-state index in [2.05, 4.69) is 15.6 Å². The van der Waals surface area contributed by atoms with E-state index >= 15 is 0 Å². The first-order valence-corrected chi connectivity index (χ1v) is 6.27. The number of amides is 1. The lowest BCUT2D eigenvalue weighted by Gasteiger charge is -2.18. The van der Waals surface area contributed by atoms with Crippen LogP contribution in [-0.2, 0) is 11.3 Å². The molecule has 100 valence electrons. The maximum atomic E-state index is 11.5. The molecule has 1 fully saturated rings. The zero-order chi connectivity index (χ0) is 13.0. The van der Waals surface area contributed by atoms with Gasteiger partial charge in [-0.15, -0.1) is 5.10 Å². The molecule has 0 spiro atoms.